The molecule has 0 radical (unpaired) electrons. The minimum absolute atomic E-state index is 0. The van der Waals surface area contributed by atoms with Crippen LogP contribution in [0.25, 0.3) is 10.8 Å². The fourth-order valence-electron chi connectivity index (χ4n) is 5.79. The van der Waals surface area contributed by atoms with Gasteiger partial charge in [-0.05, 0) is 29.0 Å². The van der Waals surface area contributed by atoms with Crippen LogP contribution in [0.1, 0.15) is 5.56 Å². The Morgan fingerprint density at radius 3 is 1.49 bits per heavy atom. The molecule has 0 aliphatic heterocycles. The van der Waals surface area contributed by atoms with Crippen LogP contribution in [0.15, 0.2) is 157 Å². The normalized spacial score (nSPS) is 11.4. The second-order valence-electron chi connectivity index (χ2n) is 9.67. The first-order valence-corrected chi connectivity index (χ1v) is 12.9. The van der Waals surface area contributed by atoms with Gasteiger partial charge in [-0.1, -0.05) is 133 Å². The van der Waals surface area contributed by atoms with Crippen LogP contribution in [0.5, 0.6) is 5.75 Å². The van der Waals surface area contributed by atoms with Crippen LogP contribution < -0.4 is 51.4 Å². The van der Waals surface area contributed by atoms with E-state index in [0.717, 1.165) is 22.0 Å². The Kier molecular flexibility index (Phi) is 8.14. The molecule has 0 spiro atoms. The van der Waals surface area contributed by atoms with Crippen LogP contribution >= 0.6 is 0 Å². The van der Waals surface area contributed by atoms with E-state index in [1.54, 1.807) is 12.3 Å². The zero-order valence-corrected chi connectivity index (χ0v) is 24.0. The predicted molar refractivity (Wildman–Crippen MR) is 163 cm³/mol. The van der Waals surface area contributed by atoms with E-state index >= 15 is 0 Å². The quantitative estimate of drug-likeness (QED) is 0.271. The van der Waals surface area contributed by atoms with Gasteiger partial charge in [-0.15, -0.1) is 0 Å². The minimum atomic E-state index is -1.41. The second-order valence-corrected chi connectivity index (χ2v) is 9.67. The average Bonchev–Trinajstić information content (AvgIpc) is 2.99. The van der Waals surface area contributed by atoms with E-state index in [4.69, 9.17) is 4.99 Å². The third-order valence-electron chi connectivity index (χ3n) is 7.58. The summed E-state index contributed by atoms with van der Waals surface area (Å²) < 4.78 is 0. The number of aliphatic imine (C=N–C) groups is 1. The summed E-state index contributed by atoms with van der Waals surface area (Å²) in [6, 6.07) is 52.5. The number of phenols is 1. The van der Waals surface area contributed by atoms with E-state index in [1.807, 2.05) is 30.3 Å². The molecule has 0 saturated heterocycles. The molecule has 0 fully saturated rings. The van der Waals surface area contributed by atoms with Gasteiger partial charge >= 0.3 is 29.6 Å². The average molecular weight is 511 g/mol. The SMILES string of the molecule is Oc1ccc2ccccc2c1C=Nc1ccc([B-](c2ccccc2)(c2ccccc2)c2ccccc2)cc1.[Na+]. The van der Waals surface area contributed by atoms with Crippen molar-refractivity contribution in [1.29, 1.82) is 0 Å². The largest absolute Gasteiger partial charge is 1.00 e. The maximum Gasteiger partial charge on any atom is 1.00 e. The smallest absolute Gasteiger partial charge is 0.507 e. The summed E-state index contributed by atoms with van der Waals surface area (Å²) in [7, 11) is 0. The summed E-state index contributed by atoms with van der Waals surface area (Å²) in [4.78, 5) is 4.75. The summed E-state index contributed by atoms with van der Waals surface area (Å²) in [5.41, 5.74) is 6.58. The Bertz CT molecular complexity index is 1610. The van der Waals surface area contributed by atoms with E-state index in [9.17, 15) is 5.11 Å². The van der Waals surface area contributed by atoms with Crippen molar-refractivity contribution in [3.63, 3.8) is 0 Å². The van der Waals surface area contributed by atoms with Crippen molar-refractivity contribution in [2.75, 3.05) is 0 Å². The zero-order chi connectivity index (χ0) is 25.8. The molecule has 4 heteroatoms. The third-order valence-corrected chi connectivity index (χ3v) is 7.58. The predicted octanol–water partition coefficient (Wildman–Crippen LogP) is 2.68. The van der Waals surface area contributed by atoms with Crippen molar-refractivity contribution in [2.45, 2.75) is 0 Å². The third kappa shape index (κ3) is 5.09. The van der Waals surface area contributed by atoms with Crippen LogP contribution in [0.4, 0.5) is 5.69 Å². The van der Waals surface area contributed by atoms with Crippen LogP contribution in [0, 0.1) is 0 Å². The molecule has 0 aromatic heterocycles. The number of benzene rings is 6. The van der Waals surface area contributed by atoms with Crippen molar-refractivity contribution in [2.24, 2.45) is 4.99 Å². The molecule has 1 N–H and O–H groups in total. The molecule has 0 unspecified atom stereocenters. The number of aromatic hydroxyl groups is 1. The Hall–Kier alpha value is -3.89. The Morgan fingerprint density at radius 1 is 0.487 bits per heavy atom. The van der Waals surface area contributed by atoms with Gasteiger partial charge in [0.1, 0.15) is 11.9 Å². The van der Waals surface area contributed by atoms with Crippen molar-refractivity contribution in [1.82, 2.24) is 0 Å². The molecule has 6 rings (SSSR count). The van der Waals surface area contributed by atoms with Crippen LogP contribution in [-0.4, -0.2) is 17.5 Å². The molecular formula is C35H27BNNaO. The standard InChI is InChI=1S/C35H27BNO.Na/c38-35-25-20-27-12-10-11-19-33(27)34(35)26-37-32-23-21-31(22-24-32)36(28-13-4-1-5-14-28,29-15-6-2-7-16-29)30-17-8-3-9-18-30;/h1-26,38H;/q-1;+1. The molecule has 0 saturated carbocycles. The monoisotopic (exact) mass is 511 g/mol. The van der Waals surface area contributed by atoms with Crippen LogP contribution in [-0.2, 0) is 0 Å². The second kappa shape index (κ2) is 11.9. The van der Waals surface area contributed by atoms with E-state index in [1.165, 1.54) is 21.9 Å². The Morgan fingerprint density at radius 2 is 0.949 bits per heavy atom. The molecule has 6 aromatic rings. The number of phenolic OH excluding ortho intramolecular Hbond substituents is 1. The number of nitrogens with zero attached hydrogens (tertiary/aromatic N) is 1. The first kappa shape index (κ1) is 26.7. The minimum Gasteiger partial charge on any atom is -0.507 e. The molecule has 39 heavy (non-hydrogen) atoms. The van der Waals surface area contributed by atoms with Gasteiger partial charge in [-0.3, -0.25) is 4.99 Å². The Balaban J connectivity index is 0.00000308. The zero-order valence-electron chi connectivity index (χ0n) is 22.0. The van der Waals surface area contributed by atoms with Gasteiger partial charge in [-0.2, -0.15) is 21.9 Å². The fraction of sp³-hybridized carbons (Fsp3) is 0. The van der Waals surface area contributed by atoms with Crippen LogP contribution in [0.2, 0.25) is 0 Å². The first-order chi connectivity index (χ1) is 18.8. The molecule has 0 amide bonds. The maximum atomic E-state index is 10.5. The van der Waals surface area contributed by atoms with E-state index in [-0.39, 0.29) is 35.3 Å². The summed E-state index contributed by atoms with van der Waals surface area (Å²) >= 11 is 0. The Labute approximate surface area is 251 Å². The van der Waals surface area contributed by atoms with Gasteiger partial charge in [0.25, 0.3) is 0 Å². The summed E-state index contributed by atoms with van der Waals surface area (Å²) in [5, 5.41) is 12.6. The number of hydrogen-bond acceptors (Lipinski definition) is 2. The van der Waals surface area contributed by atoms with E-state index in [0.29, 0.717) is 0 Å². The van der Waals surface area contributed by atoms with Gasteiger partial charge in [0.2, 0.25) is 0 Å². The molecule has 0 atom stereocenters. The van der Waals surface area contributed by atoms with Gasteiger partial charge < -0.3 is 5.11 Å². The maximum absolute atomic E-state index is 10.5. The topological polar surface area (TPSA) is 32.6 Å². The summed E-state index contributed by atoms with van der Waals surface area (Å²) in [5.74, 6) is 0.226. The summed E-state index contributed by atoms with van der Waals surface area (Å²) in [6.45, 7) is 0. The van der Waals surface area contributed by atoms with Crippen molar-refractivity contribution in [3.05, 3.63) is 157 Å². The molecule has 2 nitrogen and oxygen atoms in total. The van der Waals surface area contributed by atoms with Crippen molar-refractivity contribution < 1.29 is 34.7 Å². The molecule has 6 aromatic carbocycles. The van der Waals surface area contributed by atoms with Gasteiger partial charge in [0, 0.05) is 11.8 Å². The van der Waals surface area contributed by atoms with Crippen LogP contribution in [0.3, 0.4) is 0 Å². The van der Waals surface area contributed by atoms with Gasteiger partial charge in [0.05, 0.1) is 5.69 Å². The first-order valence-electron chi connectivity index (χ1n) is 12.9. The molecule has 182 valence electrons. The molecular weight excluding hydrogens is 484 g/mol. The van der Waals surface area contributed by atoms with Gasteiger partial charge in [-0.25, -0.2) is 0 Å². The number of fused-ring (bicyclic) bond motifs is 1. The van der Waals surface area contributed by atoms with E-state index in [2.05, 4.69) is 115 Å². The fourth-order valence-corrected chi connectivity index (χ4v) is 5.79. The number of hydrogen-bond donors (Lipinski definition) is 1. The number of rotatable bonds is 6. The summed E-state index contributed by atoms with van der Waals surface area (Å²) in [6.07, 6.45) is 0.347. The molecule has 0 aliphatic carbocycles. The van der Waals surface area contributed by atoms with Gasteiger partial charge in [0.15, 0.2) is 0 Å². The molecule has 0 heterocycles. The van der Waals surface area contributed by atoms with Crippen molar-refractivity contribution in [3.8, 4) is 5.75 Å². The molecule has 0 aliphatic rings. The van der Waals surface area contributed by atoms with E-state index < -0.39 is 6.15 Å². The molecule has 0 bridgehead atoms. The van der Waals surface area contributed by atoms with Crippen molar-refractivity contribution >= 4 is 50.7 Å².